The summed E-state index contributed by atoms with van der Waals surface area (Å²) in [4.78, 5) is 14.5. The van der Waals surface area contributed by atoms with Gasteiger partial charge < -0.3 is 4.90 Å². The lowest BCUT2D eigenvalue weighted by Gasteiger charge is -2.31. The highest BCUT2D eigenvalue weighted by molar-refractivity contribution is 5.80. The molecular formula is C16H18N2O. The predicted octanol–water partition coefficient (Wildman–Crippen LogP) is 2.16. The summed E-state index contributed by atoms with van der Waals surface area (Å²) in [6.45, 7) is 1.45. The fourth-order valence-electron chi connectivity index (χ4n) is 3.27. The second-order valence-electron chi connectivity index (χ2n) is 5.63. The maximum Gasteiger partial charge on any atom is 0.226 e. The summed E-state index contributed by atoms with van der Waals surface area (Å²) in [5.74, 6) is 0.368. The monoisotopic (exact) mass is 254 g/mol. The average molecular weight is 254 g/mol. The van der Waals surface area contributed by atoms with E-state index in [0.717, 1.165) is 32.2 Å². The minimum Gasteiger partial charge on any atom is -0.341 e. The molecule has 1 aromatic carbocycles. The van der Waals surface area contributed by atoms with Crippen molar-refractivity contribution in [3.63, 3.8) is 0 Å². The van der Waals surface area contributed by atoms with Crippen LogP contribution in [0.25, 0.3) is 0 Å². The summed E-state index contributed by atoms with van der Waals surface area (Å²) in [5.41, 5.74) is 2.63. The lowest BCUT2D eigenvalue weighted by atomic mass is 9.97. The van der Waals surface area contributed by atoms with Gasteiger partial charge in [-0.2, -0.15) is 5.26 Å². The first-order valence-corrected chi connectivity index (χ1v) is 7.03. The van der Waals surface area contributed by atoms with Crippen LogP contribution in [0.5, 0.6) is 0 Å². The number of amides is 1. The van der Waals surface area contributed by atoms with E-state index < -0.39 is 0 Å². The van der Waals surface area contributed by atoms with E-state index in [-0.39, 0.29) is 17.7 Å². The van der Waals surface area contributed by atoms with E-state index in [1.165, 1.54) is 11.1 Å². The van der Waals surface area contributed by atoms with Crippen molar-refractivity contribution in [3.05, 3.63) is 35.4 Å². The zero-order valence-corrected chi connectivity index (χ0v) is 11.0. The number of nitrogens with zero attached hydrogens (tertiary/aromatic N) is 2. The van der Waals surface area contributed by atoms with E-state index in [9.17, 15) is 4.79 Å². The molecule has 1 aliphatic carbocycles. The number of piperidine rings is 1. The molecule has 3 rings (SSSR count). The van der Waals surface area contributed by atoms with Gasteiger partial charge in [-0.05, 0) is 36.8 Å². The van der Waals surface area contributed by atoms with Gasteiger partial charge in [0.2, 0.25) is 5.91 Å². The maximum atomic E-state index is 12.5. The SMILES string of the molecule is N#C[C@H]1CCCN(C(=O)C2Cc3ccccc3C2)C1. The van der Waals surface area contributed by atoms with Crippen LogP contribution in [0.3, 0.4) is 0 Å². The molecule has 3 nitrogen and oxygen atoms in total. The smallest absolute Gasteiger partial charge is 0.226 e. The van der Waals surface area contributed by atoms with E-state index in [0.29, 0.717) is 6.54 Å². The van der Waals surface area contributed by atoms with Gasteiger partial charge in [0.25, 0.3) is 0 Å². The Morgan fingerprint density at radius 2 is 1.95 bits per heavy atom. The van der Waals surface area contributed by atoms with Gasteiger partial charge in [-0.25, -0.2) is 0 Å². The van der Waals surface area contributed by atoms with Gasteiger partial charge in [0.1, 0.15) is 0 Å². The van der Waals surface area contributed by atoms with Gasteiger partial charge in [-0.1, -0.05) is 24.3 Å². The molecule has 1 aliphatic heterocycles. The van der Waals surface area contributed by atoms with E-state index in [4.69, 9.17) is 5.26 Å². The zero-order valence-electron chi connectivity index (χ0n) is 11.0. The van der Waals surface area contributed by atoms with Crippen LogP contribution >= 0.6 is 0 Å². The molecule has 1 heterocycles. The summed E-state index contributed by atoms with van der Waals surface area (Å²) in [5, 5.41) is 9.01. The van der Waals surface area contributed by atoms with Crippen LogP contribution in [0, 0.1) is 23.2 Å². The van der Waals surface area contributed by atoms with Crippen molar-refractivity contribution in [2.24, 2.45) is 11.8 Å². The first-order chi connectivity index (χ1) is 9.28. The van der Waals surface area contributed by atoms with Crippen molar-refractivity contribution in [1.29, 1.82) is 5.26 Å². The highest BCUT2D eigenvalue weighted by atomic mass is 16.2. The Hall–Kier alpha value is -1.82. The second kappa shape index (κ2) is 5.05. The van der Waals surface area contributed by atoms with Crippen LogP contribution < -0.4 is 0 Å². The normalized spacial score (nSPS) is 22.9. The molecule has 1 saturated heterocycles. The largest absolute Gasteiger partial charge is 0.341 e. The van der Waals surface area contributed by atoms with E-state index >= 15 is 0 Å². The minimum absolute atomic E-state index is 0.0291. The van der Waals surface area contributed by atoms with Crippen molar-refractivity contribution in [2.45, 2.75) is 25.7 Å². The van der Waals surface area contributed by atoms with Crippen LogP contribution in [-0.2, 0) is 17.6 Å². The summed E-state index contributed by atoms with van der Waals surface area (Å²) in [6.07, 6.45) is 3.63. The van der Waals surface area contributed by atoms with Crippen LogP contribution in [0.15, 0.2) is 24.3 Å². The fourth-order valence-corrected chi connectivity index (χ4v) is 3.27. The van der Waals surface area contributed by atoms with Crippen molar-refractivity contribution < 1.29 is 4.79 Å². The number of hydrogen-bond donors (Lipinski definition) is 0. The topological polar surface area (TPSA) is 44.1 Å². The van der Waals surface area contributed by atoms with Crippen molar-refractivity contribution in [2.75, 3.05) is 13.1 Å². The van der Waals surface area contributed by atoms with Gasteiger partial charge >= 0.3 is 0 Å². The van der Waals surface area contributed by atoms with Crippen molar-refractivity contribution in [1.82, 2.24) is 4.90 Å². The van der Waals surface area contributed by atoms with Crippen molar-refractivity contribution >= 4 is 5.91 Å². The number of carbonyl (C=O) groups excluding carboxylic acids is 1. The Labute approximate surface area is 113 Å². The van der Waals surface area contributed by atoms with Crippen LogP contribution in [-0.4, -0.2) is 23.9 Å². The molecule has 0 bridgehead atoms. The summed E-state index contributed by atoms with van der Waals surface area (Å²) >= 11 is 0. The first-order valence-electron chi connectivity index (χ1n) is 7.03. The Balaban J connectivity index is 1.68. The van der Waals surface area contributed by atoms with Crippen molar-refractivity contribution in [3.8, 4) is 6.07 Å². The van der Waals surface area contributed by atoms with Gasteiger partial charge in [0.15, 0.2) is 0 Å². The number of rotatable bonds is 1. The Bertz CT molecular complexity index is 507. The summed E-state index contributed by atoms with van der Waals surface area (Å²) in [6, 6.07) is 10.6. The van der Waals surface area contributed by atoms with Gasteiger partial charge in [0, 0.05) is 19.0 Å². The average Bonchev–Trinajstić information content (AvgIpc) is 2.90. The highest BCUT2D eigenvalue weighted by Gasteiger charge is 2.32. The summed E-state index contributed by atoms with van der Waals surface area (Å²) in [7, 11) is 0. The van der Waals surface area contributed by atoms with Crippen LogP contribution in [0.2, 0.25) is 0 Å². The third-order valence-electron chi connectivity index (χ3n) is 4.32. The number of nitriles is 1. The molecule has 3 heteroatoms. The lowest BCUT2D eigenvalue weighted by Crippen LogP contribution is -2.43. The number of likely N-dealkylation sites (tertiary alicyclic amines) is 1. The standard InChI is InChI=1S/C16H18N2O/c17-10-12-4-3-7-18(11-12)16(19)15-8-13-5-1-2-6-14(13)9-15/h1-2,5-6,12,15H,3-4,7-9,11H2/t12-/m1/s1. The highest BCUT2D eigenvalue weighted by Crippen LogP contribution is 2.29. The molecule has 1 fully saturated rings. The number of hydrogen-bond acceptors (Lipinski definition) is 2. The second-order valence-corrected chi connectivity index (χ2v) is 5.63. The molecule has 1 atom stereocenters. The number of benzene rings is 1. The van der Waals surface area contributed by atoms with Gasteiger partial charge in [-0.3, -0.25) is 4.79 Å². The van der Waals surface area contributed by atoms with Gasteiger partial charge in [-0.15, -0.1) is 0 Å². The Morgan fingerprint density at radius 1 is 1.26 bits per heavy atom. The van der Waals surface area contributed by atoms with E-state index in [1.807, 2.05) is 17.0 Å². The van der Waals surface area contributed by atoms with Gasteiger partial charge in [0.05, 0.1) is 12.0 Å². The molecular weight excluding hydrogens is 236 g/mol. The maximum absolute atomic E-state index is 12.5. The molecule has 0 N–H and O–H groups in total. The molecule has 19 heavy (non-hydrogen) atoms. The summed E-state index contributed by atoms with van der Waals surface area (Å²) < 4.78 is 0. The van der Waals surface area contributed by atoms with E-state index in [2.05, 4.69) is 18.2 Å². The Kier molecular flexibility index (Phi) is 3.25. The zero-order chi connectivity index (χ0) is 13.2. The minimum atomic E-state index is 0.0291. The quantitative estimate of drug-likeness (QED) is 0.771. The predicted molar refractivity (Wildman–Crippen MR) is 72.3 cm³/mol. The third-order valence-corrected chi connectivity index (χ3v) is 4.32. The molecule has 1 aromatic rings. The Morgan fingerprint density at radius 3 is 2.58 bits per heavy atom. The molecule has 1 amide bonds. The third kappa shape index (κ3) is 2.35. The molecule has 98 valence electrons. The number of fused-ring (bicyclic) bond motifs is 1. The van der Waals surface area contributed by atoms with Crippen LogP contribution in [0.4, 0.5) is 0 Å². The molecule has 0 spiro atoms. The molecule has 0 saturated carbocycles. The molecule has 2 aliphatic rings. The molecule has 0 radical (unpaired) electrons. The van der Waals surface area contributed by atoms with Crippen LogP contribution in [0.1, 0.15) is 24.0 Å². The molecule has 0 aromatic heterocycles. The molecule has 0 unspecified atom stereocenters. The number of carbonyl (C=O) groups is 1. The fraction of sp³-hybridized carbons (Fsp3) is 0.500. The van der Waals surface area contributed by atoms with E-state index in [1.54, 1.807) is 0 Å². The lowest BCUT2D eigenvalue weighted by molar-refractivity contribution is -0.136. The first kappa shape index (κ1) is 12.2.